The first kappa shape index (κ1) is 20.7. The Hall–Kier alpha value is -2.99. The van der Waals surface area contributed by atoms with Gasteiger partial charge in [0.15, 0.2) is 11.5 Å². The molecule has 150 valence electrons. The van der Waals surface area contributed by atoms with Crippen molar-refractivity contribution in [2.45, 2.75) is 20.1 Å². The molecule has 0 aliphatic heterocycles. The Kier molecular flexibility index (Phi) is 6.77. The molecule has 0 aliphatic rings. The maximum atomic E-state index is 11.4. The SMILES string of the molecule is COc1ccc(Br)c(CNc2cccc(C(=O)O)c2C)c1OCc1ccccc1. The molecule has 3 rings (SSSR count). The Morgan fingerprint density at radius 1 is 1.07 bits per heavy atom. The van der Waals surface area contributed by atoms with E-state index in [1.165, 1.54) is 0 Å². The number of carboxylic acids is 1. The minimum Gasteiger partial charge on any atom is -0.493 e. The molecule has 0 amide bonds. The number of carboxylic acid groups (broad SMARTS) is 1. The normalized spacial score (nSPS) is 10.4. The zero-order valence-electron chi connectivity index (χ0n) is 16.2. The first-order valence-electron chi connectivity index (χ1n) is 9.10. The fourth-order valence-corrected chi connectivity index (χ4v) is 3.49. The van der Waals surface area contributed by atoms with Gasteiger partial charge in [0.05, 0.1) is 12.7 Å². The van der Waals surface area contributed by atoms with Gasteiger partial charge in [0, 0.05) is 22.3 Å². The molecule has 0 aromatic heterocycles. The van der Waals surface area contributed by atoms with Crippen molar-refractivity contribution >= 4 is 27.6 Å². The fourth-order valence-electron chi connectivity index (χ4n) is 3.04. The number of ether oxygens (including phenoxy) is 2. The van der Waals surface area contributed by atoms with Gasteiger partial charge in [-0.05, 0) is 42.3 Å². The highest BCUT2D eigenvalue weighted by Gasteiger charge is 2.16. The van der Waals surface area contributed by atoms with E-state index >= 15 is 0 Å². The molecule has 6 heteroatoms. The Bertz CT molecular complexity index is 1010. The Labute approximate surface area is 178 Å². The molecule has 0 fully saturated rings. The van der Waals surface area contributed by atoms with Crippen LogP contribution in [0.25, 0.3) is 0 Å². The maximum Gasteiger partial charge on any atom is 0.336 e. The highest BCUT2D eigenvalue weighted by Crippen LogP contribution is 2.37. The van der Waals surface area contributed by atoms with Crippen LogP contribution in [0.1, 0.15) is 27.0 Å². The van der Waals surface area contributed by atoms with Crippen LogP contribution in [0.4, 0.5) is 5.69 Å². The average Bonchev–Trinajstić information content (AvgIpc) is 2.73. The molecule has 3 aromatic rings. The van der Waals surface area contributed by atoms with Crippen LogP contribution in [0.2, 0.25) is 0 Å². The van der Waals surface area contributed by atoms with E-state index < -0.39 is 5.97 Å². The highest BCUT2D eigenvalue weighted by atomic mass is 79.9. The Morgan fingerprint density at radius 3 is 2.52 bits per heavy atom. The van der Waals surface area contributed by atoms with Crippen molar-refractivity contribution in [2.24, 2.45) is 0 Å². The van der Waals surface area contributed by atoms with Crippen molar-refractivity contribution in [1.82, 2.24) is 0 Å². The van der Waals surface area contributed by atoms with Crippen LogP contribution >= 0.6 is 15.9 Å². The third-order valence-electron chi connectivity index (χ3n) is 4.63. The number of methoxy groups -OCH3 is 1. The van der Waals surface area contributed by atoms with Gasteiger partial charge < -0.3 is 19.9 Å². The molecule has 2 N–H and O–H groups in total. The first-order valence-corrected chi connectivity index (χ1v) is 9.89. The van der Waals surface area contributed by atoms with E-state index in [2.05, 4.69) is 21.2 Å². The van der Waals surface area contributed by atoms with Crippen LogP contribution in [-0.2, 0) is 13.2 Å². The fraction of sp³-hybridized carbons (Fsp3) is 0.174. The molecule has 0 saturated heterocycles. The van der Waals surface area contributed by atoms with Crippen molar-refractivity contribution in [2.75, 3.05) is 12.4 Å². The molecule has 3 aromatic carbocycles. The summed E-state index contributed by atoms with van der Waals surface area (Å²) in [5, 5.41) is 12.7. The minimum atomic E-state index is -0.944. The van der Waals surface area contributed by atoms with Crippen molar-refractivity contribution in [3.63, 3.8) is 0 Å². The topological polar surface area (TPSA) is 67.8 Å². The first-order chi connectivity index (χ1) is 14.0. The summed E-state index contributed by atoms with van der Waals surface area (Å²) < 4.78 is 12.5. The van der Waals surface area contributed by atoms with Gasteiger partial charge in [0.1, 0.15) is 6.61 Å². The standard InChI is InChI=1S/C23H22BrNO4/c1-15-17(23(26)27)9-6-10-20(15)25-13-18-19(24)11-12-21(28-2)22(18)29-14-16-7-4-3-5-8-16/h3-12,25H,13-14H2,1-2H3,(H,26,27). The zero-order valence-corrected chi connectivity index (χ0v) is 17.8. The molecule has 0 heterocycles. The molecular formula is C23H22BrNO4. The van der Waals surface area contributed by atoms with Gasteiger partial charge in [-0.2, -0.15) is 0 Å². The summed E-state index contributed by atoms with van der Waals surface area (Å²) in [5.74, 6) is 0.336. The van der Waals surface area contributed by atoms with Crippen molar-refractivity contribution in [3.05, 3.63) is 87.4 Å². The number of benzene rings is 3. The lowest BCUT2D eigenvalue weighted by molar-refractivity contribution is 0.0696. The van der Waals surface area contributed by atoms with Gasteiger partial charge in [0.25, 0.3) is 0 Å². The second kappa shape index (κ2) is 9.47. The zero-order chi connectivity index (χ0) is 20.8. The molecule has 0 bridgehead atoms. The summed E-state index contributed by atoms with van der Waals surface area (Å²) in [4.78, 5) is 11.4. The number of rotatable bonds is 8. The minimum absolute atomic E-state index is 0.278. The number of hydrogen-bond donors (Lipinski definition) is 2. The summed E-state index contributed by atoms with van der Waals surface area (Å²) in [6, 6.07) is 18.9. The smallest absolute Gasteiger partial charge is 0.336 e. The van der Waals surface area contributed by atoms with Gasteiger partial charge in [-0.3, -0.25) is 0 Å². The van der Waals surface area contributed by atoms with E-state index in [9.17, 15) is 9.90 Å². The van der Waals surface area contributed by atoms with Crippen LogP contribution in [0.3, 0.4) is 0 Å². The van der Waals surface area contributed by atoms with Gasteiger partial charge in [0.2, 0.25) is 0 Å². The third-order valence-corrected chi connectivity index (χ3v) is 5.38. The monoisotopic (exact) mass is 455 g/mol. The predicted molar refractivity (Wildman–Crippen MR) is 117 cm³/mol. The van der Waals surface area contributed by atoms with Crippen molar-refractivity contribution in [3.8, 4) is 11.5 Å². The average molecular weight is 456 g/mol. The van der Waals surface area contributed by atoms with E-state index in [0.29, 0.717) is 30.2 Å². The summed E-state index contributed by atoms with van der Waals surface area (Å²) >= 11 is 3.60. The van der Waals surface area contributed by atoms with Crippen LogP contribution in [0.5, 0.6) is 11.5 Å². The molecule has 0 spiro atoms. The molecular weight excluding hydrogens is 434 g/mol. The van der Waals surface area contributed by atoms with Gasteiger partial charge in [-0.15, -0.1) is 0 Å². The lowest BCUT2D eigenvalue weighted by atomic mass is 10.1. The van der Waals surface area contributed by atoms with E-state index in [-0.39, 0.29) is 5.56 Å². The highest BCUT2D eigenvalue weighted by molar-refractivity contribution is 9.10. The van der Waals surface area contributed by atoms with E-state index in [4.69, 9.17) is 9.47 Å². The lowest BCUT2D eigenvalue weighted by Crippen LogP contribution is -2.08. The second-order valence-electron chi connectivity index (χ2n) is 6.47. The number of hydrogen-bond acceptors (Lipinski definition) is 4. The van der Waals surface area contributed by atoms with Crippen LogP contribution in [-0.4, -0.2) is 18.2 Å². The largest absolute Gasteiger partial charge is 0.493 e. The van der Waals surface area contributed by atoms with E-state index in [0.717, 1.165) is 21.3 Å². The van der Waals surface area contributed by atoms with Crippen LogP contribution in [0.15, 0.2) is 65.1 Å². The molecule has 0 atom stereocenters. The van der Waals surface area contributed by atoms with E-state index in [1.54, 1.807) is 26.2 Å². The summed E-state index contributed by atoms with van der Waals surface area (Å²) in [6.45, 7) is 2.64. The summed E-state index contributed by atoms with van der Waals surface area (Å²) in [5.41, 5.74) is 3.67. The second-order valence-corrected chi connectivity index (χ2v) is 7.32. The third kappa shape index (κ3) is 4.90. The molecule has 29 heavy (non-hydrogen) atoms. The Morgan fingerprint density at radius 2 is 1.83 bits per heavy atom. The number of nitrogens with one attached hydrogen (secondary N) is 1. The number of aromatic carboxylic acids is 1. The number of anilines is 1. The molecule has 0 saturated carbocycles. The predicted octanol–water partition coefficient (Wildman–Crippen LogP) is 5.66. The molecule has 0 aliphatic carbocycles. The number of carbonyl (C=O) groups is 1. The van der Waals surface area contributed by atoms with Gasteiger partial charge >= 0.3 is 5.97 Å². The molecule has 0 unspecified atom stereocenters. The van der Waals surface area contributed by atoms with Gasteiger partial charge in [-0.1, -0.05) is 52.3 Å². The molecule has 0 radical (unpaired) electrons. The van der Waals surface area contributed by atoms with Crippen molar-refractivity contribution < 1.29 is 19.4 Å². The summed E-state index contributed by atoms with van der Waals surface area (Å²) in [6.07, 6.45) is 0. The van der Waals surface area contributed by atoms with Crippen LogP contribution in [0, 0.1) is 6.92 Å². The Balaban J connectivity index is 1.87. The maximum absolute atomic E-state index is 11.4. The van der Waals surface area contributed by atoms with E-state index in [1.807, 2.05) is 48.5 Å². The van der Waals surface area contributed by atoms with Crippen LogP contribution < -0.4 is 14.8 Å². The van der Waals surface area contributed by atoms with Crippen molar-refractivity contribution in [1.29, 1.82) is 0 Å². The van der Waals surface area contributed by atoms with Gasteiger partial charge in [-0.25, -0.2) is 4.79 Å². The number of halogens is 1. The summed E-state index contributed by atoms with van der Waals surface area (Å²) in [7, 11) is 1.61. The lowest BCUT2D eigenvalue weighted by Gasteiger charge is -2.18. The molecule has 5 nitrogen and oxygen atoms in total. The quantitative estimate of drug-likeness (QED) is 0.458.